The van der Waals surface area contributed by atoms with E-state index in [2.05, 4.69) is 4.94 Å². The van der Waals surface area contributed by atoms with Crippen molar-refractivity contribution in [1.29, 1.82) is 0 Å². The Labute approximate surface area is 90.0 Å². The zero-order valence-electron chi connectivity index (χ0n) is 7.71. The first-order chi connectivity index (χ1) is 7.06. The maximum Gasteiger partial charge on any atom is 0.318 e. The van der Waals surface area contributed by atoms with E-state index >= 15 is 0 Å². The molecule has 0 bridgehead atoms. The summed E-state index contributed by atoms with van der Waals surface area (Å²) in [5.74, 6) is 5.59. The lowest BCUT2D eigenvalue weighted by molar-refractivity contribution is -0.762. The highest BCUT2D eigenvalue weighted by molar-refractivity contribution is 6.34. The van der Waals surface area contributed by atoms with Crippen LogP contribution in [0.5, 0.6) is 5.75 Å². The van der Waals surface area contributed by atoms with E-state index in [1.807, 2.05) is 0 Å². The molecule has 1 aromatic rings. The van der Waals surface area contributed by atoms with Crippen LogP contribution in [0.15, 0.2) is 18.2 Å². The number of halogens is 1. The first-order valence-corrected chi connectivity index (χ1v) is 4.14. The summed E-state index contributed by atoms with van der Waals surface area (Å²) >= 11 is 5.84. The summed E-state index contributed by atoms with van der Waals surface area (Å²) < 4.78 is 4.90. The van der Waals surface area contributed by atoms with Crippen molar-refractivity contribution >= 4 is 17.3 Å². The van der Waals surface area contributed by atoms with Gasteiger partial charge in [-0.25, -0.2) is 5.84 Å². The van der Waals surface area contributed by atoms with Crippen molar-refractivity contribution in [1.82, 2.24) is 0 Å². The van der Waals surface area contributed by atoms with Crippen molar-refractivity contribution in [2.75, 3.05) is 12.3 Å². The van der Waals surface area contributed by atoms with Crippen LogP contribution in [0.25, 0.3) is 0 Å². The molecular formula is C7H8ClN3O4. The molecule has 0 heterocycles. The summed E-state index contributed by atoms with van der Waals surface area (Å²) in [6.45, 7) is 0. The maximum absolute atomic E-state index is 10.0. The predicted octanol–water partition coefficient (Wildman–Crippen LogP) is 1.15. The third-order valence-electron chi connectivity index (χ3n) is 1.55. The van der Waals surface area contributed by atoms with Crippen molar-refractivity contribution in [2.45, 2.75) is 0 Å². The van der Waals surface area contributed by atoms with E-state index < -0.39 is 5.09 Å². The number of rotatable bonds is 4. The van der Waals surface area contributed by atoms with E-state index in [-0.39, 0.29) is 10.7 Å². The Hall–Kier alpha value is -1.73. The summed E-state index contributed by atoms with van der Waals surface area (Å²) in [4.78, 5) is 14.0. The topological polar surface area (TPSA) is 90.9 Å². The van der Waals surface area contributed by atoms with Gasteiger partial charge >= 0.3 is 5.09 Å². The Morgan fingerprint density at radius 1 is 1.60 bits per heavy atom. The summed E-state index contributed by atoms with van der Waals surface area (Å²) in [6, 6.07) is 4.61. The Morgan fingerprint density at radius 2 is 2.27 bits per heavy atom. The van der Waals surface area contributed by atoms with E-state index in [9.17, 15) is 10.1 Å². The minimum atomic E-state index is -1.05. The van der Waals surface area contributed by atoms with Crippen LogP contribution in [0.4, 0.5) is 5.69 Å². The molecule has 0 fully saturated rings. The molecule has 0 aliphatic carbocycles. The van der Waals surface area contributed by atoms with Gasteiger partial charge in [0.1, 0.15) is 16.5 Å². The molecule has 0 saturated carbocycles. The van der Waals surface area contributed by atoms with Gasteiger partial charge in [0.15, 0.2) is 0 Å². The number of methoxy groups -OCH3 is 1. The van der Waals surface area contributed by atoms with Crippen LogP contribution in [0.2, 0.25) is 5.02 Å². The Kier molecular flexibility index (Phi) is 3.53. The van der Waals surface area contributed by atoms with Gasteiger partial charge < -0.3 is 4.74 Å². The molecule has 1 rings (SSSR count). The average Bonchev–Trinajstić information content (AvgIpc) is 2.17. The molecule has 7 nitrogen and oxygen atoms in total. The third kappa shape index (κ3) is 2.61. The van der Waals surface area contributed by atoms with Gasteiger partial charge in [0.2, 0.25) is 0 Å². The van der Waals surface area contributed by atoms with E-state index in [0.29, 0.717) is 10.9 Å². The van der Waals surface area contributed by atoms with Crippen molar-refractivity contribution < 1.29 is 14.8 Å². The van der Waals surface area contributed by atoms with E-state index in [1.54, 1.807) is 12.1 Å². The fourth-order valence-corrected chi connectivity index (χ4v) is 1.23. The number of anilines is 1. The standard InChI is InChI=1S/C7H8ClN3O4/c1-14-6-4-2-3-5(7(6)8)10(9)15-11(12)13/h2-4H,9H2,1H3. The van der Waals surface area contributed by atoms with Gasteiger partial charge in [-0.2, -0.15) is 4.94 Å². The second-order valence-corrected chi connectivity index (χ2v) is 2.80. The highest BCUT2D eigenvalue weighted by Gasteiger charge is 2.13. The third-order valence-corrected chi connectivity index (χ3v) is 1.93. The van der Waals surface area contributed by atoms with Crippen molar-refractivity contribution in [2.24, 2.45) is 5.84 Å². The summed E-state index contributed by atoms with van der Waals surface area (Å²) in [6.07, 6.45) is 0. The Morgan fingerprint density at radius 3 is 2.80 bits per heavy atom. The average molecular weight is 234 g/mol. The molecule has 0 saturated heterocycles. The molecule has 0 aromatic heterocycles. The molecule has 15 heavy (non-hydrogen) atoms. The molecule has 0 spiro atoms. The Bertz CT molecular complexity index is 373. The first-order valence-electron chi connectivity index (χ1n) is 3.76. The van der Waals surface area contributed by atoms with Gasteiger partial charge in [-0.3, -0.25) is 0 Å². The summed E-state index contributed by atoms with van der Waals surface area (Å²) in [5.41, 5.74) is 0.132. The molecule has 0 unspecified atom stereocenters. The zero-order valence-corrected chi connectivity index (χ0v) is 8.47. The molecule has 0 radical (unpaired) electrons. The molecule has 0 aliphatic rings. The quantitative estimate of drug-likeness (QED) is 0.477. The number of hydrogen-bond donors (Lipinski definition) is 1. The highest BCUT2D eigenvalue weighted by atomic mass is 35.5. The number of hydrogen-bond acceptors (Lipinski definition) is 6. The normalized spacial score (nSPS) is 9.53. The largest absolute Gasteiger partial charge is 0.495 e. The summed E-state index contributed by atoms with van der Waals surface area (Å²) in [5, 5.41) is 9.57. The van der Waals surface area contributed by atoms with Crippen LogP contribution in [-0.2, 0) is 4.94 Å². The highest BCUT2D eigenvalue weighted by Crippen LogP contribution is 2.33. The van der Waals surface area contributed by atoms with E-state index in [1.165, 1.54) is 13.2 Å². The maximum atomic E-state index is 10.0. The number of hydrazine groups is 1. The van der Waals surface area contributed by atoms with Gasteiger partial charge in [0, 0.05) is 0 Å². The van der Waals surface area contributed by atoms with Crippen molar-refractivity contribution in [3.63, 3.8) is 0 Å². The van der Waals surface area contributed by atoms with Crippen molar-refractivity contribution in [3.05, 3.63) is 33.3 Å². The lowest BCUT2D eigenvalue weighted by Crippen LogP contribution is -2.33. The fraction of sp³-hybridized carbons (Fsp3) is 0.143. The smallest absolute Gasteiger partial charge is 0.318 e. The lowest BCUT2D eigenvalue weighted by atomic mass is 10.3. The second-order valence-electron chi connectivity index (χ2n) is 2.42. The number of nitrogens with zero attached hydrogens (tertiary/aromatic N) is 2. The van der Waals surface area contributed by atoms with Gasteiger partial charge in [0.25, 0.3) is 0 Å². The van der Waals surface area contributed by atoms with E-state index in [0.717, 1.165) is 0 Å². The minimum absolute atomic E-state index is 0.129. The number of nitrogens with two attached hydrogens (primary N) is 1. The van der Waals surface area contributed by atoms with Gasteiger partial charge in [-0.1, -0.05) is 17.7 Å². The van der Waals surface area contributed by atoms with Crippen LogP contribution >= 0.6 is 11.6 Å². The summed E-state index contributed by atoms with van der Waals surface area (Å²) in [7, 11) is 1.42. The molecule has 0 aliphatic heterocycles. The van der Waals surface area contributed by atoms with E-state index in [4.69, 9.17) is 22.2 Å². The van der Waals surface area contributed by atoms with Gasteiger partial charge in [-0.05, 0) is 12.1 Å². The lowest BCUT2D eigenvalue weighted by Gasteiger charge is -2.16. The molecule has 2 N–H and O–H groups in total. The first kappa shape index (κ1) is 11.3. The van der Waals surface area contributed by atoms with Gasteiger partial charge in [-0.15, -0.1) is 15.3 Å². The molecular weight excluding hydrogens is 226 g/mol. The zero-order chi connectivity index (χ0) is 11.4. The van der Waals surface area contributed by atoms with Crippen LogP contribution in [-0.4, -0.2) is 12.2 Å². The second kappa shape index (κ2) is 4.67. The van der Waals surface area contributed by atoms with Crippen LogP contribution in [0, 0.1) is 10.1 Å². The van der Waals surface area contributed by atoms with Crippen LogP contribution in [0.3, 0.4) is 0 Å². The molecule has 8 heteroatoms. The monoisotopic (exact) mass is 233 g/mol. The molecule has 0 atom stereocenters. The number of benzene rings is 1. The predicted molar refractivity (Wildman–Crippen MR) is 52.7 cm³/mol. The molecule has 82 valence electrons. The van der Waals surface area contributed by atoms with Crippen LogP contribution in [0.1, 0.15) is 0 Å². The number of ether oxygens (including phenoxy) is 1. The molecule has 1 aromatic carbocycles. The molecule has 0 amide bonds. The van der Waals surface area contributed by atoms with Gasteiger partial charge in [0.05, 0.1) is 7.11 Å². The SMILES string of the molecule is COc1cccc(N(N)O[N+](=O)[O-])c1Cl. The minimum Gasteiger partial charge on any atom is -0.495 e. The van der Waals surface area contributed by atoms with Crippen molar-refractivity contribution in [3.8, 4) is 5.75 Å². The van der Waals surface area contributed by atoms with Crippen LogP contribution < -0.4 is 15.8 Å². The fourth-order valence-electron chi connectivity index (χ4n) is 0.943. The Balaban J connectivity index is 2.98.